The van der Waals surface area contributed by atoms with Gasteiger partial charge in [-0.2, -0.15) is 0 Å². The summed E-state index contributed by atoms with van der Waals surface area (Å²) in [6, 6.07) is 14.4. The molecule has 4 nitrogen and oxygen atoms in total. The van der Waals surface area contributed by atoms with E-state index in [0.29, 0.717) is 6.54 Å². The van der Waals surface area contributed by atoms with E-state index in [0.717, 1.165) is 42.0 Å². The van der Waals surface area contributed by atoms with E-state index >= 15 is 0 Å². The topological polar surface area (TPSA) is 79.9 Å². The fourth-order valence-electron chi connectivity index (χ4n) is 2.90. The van der Waals surface area contributed by atoms with Crippen LogP contribution in [-0.2, 0) is 12.8 Å². The van der Waals surface area contributed by atoms with E-state index in [-0.39, 0.29) is 0 Å². The summed E-state index contributed by atoms with van der Waals surface area (Å²) in [7, 11) is 0. The molecular weight excluding hydrogens is 364 g/mol. The number of aromatic nitrogens is 1. The third-order valence-electron chi connectivity index (χ3n) is 4.10. The molecule has 0 fully saturated rings. The zero-order valence-electron chi connectivity index (χ0n) is 14.7. The van der Waals surface area contributed by atoms with E-state index in [2.05, 4.69) is 64.8 Å². The number of fused-ring (bicyclic) bond motifs is 1. The van der Waals surface area contributed by atoms with Gasteiger partial charge in [0.15, 0.2) is 0 Å². The van der Waals surface area contributed by atoms with Crippen molar-refractivity contribution in [2.75, 3.05) is 18.4 Å². The van der Waals surface area contributed by atoms with Gasteiger partial charge in [0, 0.05) is 34.4 Å². The number of H-pyrrole nitrogens is 1. The molecule has 0 unspecified atom stereocenters. The van der Waals surface area contributed by atoms with Gasteiger partial charge in [-0.25, -0.2) is 0 Å². The van der Waals surface area contributed by atoms with Crippen LogP contribution in [0.5, 0.6) is 0 Å². The molecule has 3 aromatic rings. The van der Waals surface area contributed by atoms with Crippen LogP contribution in [0.2, 0.25) is 5.02 Å². The van der Waals surface area contributed by atoms with Crippen molar-refractivity contribution in [3.63, 3.8) is 0 Å². The molecule has 1 aromatic heterocycles. The van der Waals surface area contributed by atoms with Crippen molar-refractivity contribution in [1.29, 1.82) is 0 Å². The highest BCUT2D eigenvalue weighted by Crippen LogP contribution is 2.23. The minimum Gasteiger partial charge on any atom is -0.396 e. The first-order valence-corrected chi connectivity index (χ1v) is 9.47. The molecule has 0 spiro atoms. The van der Waals surface area contributed by atoms with E-state index in [1.807, 2.05) is 12.1 Å². The number of rotatable bonds is 7. The first kappa shape index (κ1) is 20.2. The van der Waals surface area contributed by atoms with Gasteiger partial charge in [-0.3, -0.25) is 0 Å². The van der Waals surface area contributed by atoms with Crippen LogP contribution >= 0.6 is 23.8 Å². The molecule has 138 valence electrons. The maximum absolute atomic E-state index is 6.11. The summed E-state index contributed by atoms with van der Waals surface area (Å²) >= 11 is 10.2. The van der Waals surface area contributed by atoms with Crippen molar-refractivity contribution in [2.24, 2.45) is 11.5 Å². The van der Waals surface area contributed by atoms with Gasteiger partial charge in [0.25, 0.3) is 0 Å². The van der Waals surface area contributed by atoms with Gasteiger partial charge in [0.1, 0.15) is 0 Å². The molecule has 26 heavy (non-hydrogen) atoms. The van der Waals surface area contributed by atoms with Gasteiger partial charge in [-0.05, 0) is 61.2 Å². The molecule has 0 aliphatic heterocycles. The lowest BCUT2D eigenvalue weighted by Crippen LogP contribution is -2.08. The Labute approximate surface area is 164 Å². The zero-order valence-corrected chi connectivity index (χ0v) is 16.2. The third kappa shape index (κ3) is 5.73. The summed E-state index contributed by atoms with van der Waals surface area (Å²) in [5, 5.41) is 5.62. The highest BCUT2D eigenvalue weighted by atomic mass is 35.5. The number of benzene rings is 2. The number of halogens is 1. The van der Waals surface area contributed by atoms with Crippen molar-refractivity contribution >= 4 is 45.9 Å². The quantitative estimate of drug-likeness (QED) is 0.456. The van der Waals surface area contributed by atoms with Crippen LogP contribution in [0, 0.1) is 0 Å². The maximum Gasteiger partial charge on any atom is 0.0588 e. The number of para-hydroxylation sites is 1. The first-order valence-electron chi connectivity index (χ1n) is 8.62. The normalized spacial score (nSPS) is 10.2. The molecule has 0 radical (unpaired) electrons. The molecule has 0 saturated carbocycles. The van der Waals surface area contributed by atoms with Gasteiger partial charge in [0.2, 0.25) is 0 Å². The van der Waals surface area contributed by atoms with E-state index in [1.165, 1.54) is 22.0 Å². The number of hydrogen-bond acceptors (Lipinski definition) is 3. The van der Waals surface area contributed by atoms with Gasteiger partial charge < -0.3 is 21.8 Å². The Morgan fingerprint density at radius 1 is 1.12 bits per heavy atom. The number of aryl methyl sites for hydroxylation is 1. The van der Waals surface area contributed by atoms with Crippen LogP contribution in [0.25, 0.3) is 10.9 Å². The van der Waals surface area contributed by atoms with Crippen LogP contribution in [0.15, 0.2) is 48.7 Å². The van der Waals surface area contributed by atoms with Crippen molar-refractivity contribution in [1.82, 2.24) is 4.98 Å². The highest BCUT2D eigenvalue weighted by molar-refractivity contribution is 7.78. The highest BCUT2D eigenvalue weighted by Gasteiger charge is 2.05. The van der Waals surface area contributed by atoms with Gasteiger partial charge >= 0.3 is 0 Å². The second-order valence-electron chi connectivity index (χ2n) is 5.87. The Morgan fingerprint density at radius 2 is 1.88 bits per heavy atom. The SMILES string of the molecule is NC=S.NCCCc1cc(Cl)ccc1NCCc1c[nH]c2ccccc12. The third-order valence-corrected chi connectivity index (χ3v) is 4.34. The second-order valence-corrected chi connectivity index (χ2v) is 6.57. The molecule has 3 rings (SSSR count). The minimum absolute atomic E-state index is 0.696. The van der Waals surface area contributed by atoms with E-state index < -0.39 is 0 Å². The summed E-state index contributed by atoms with van der Waals surface area (Å²) in [5.41, 5.74) is 16.2. The summed E-state index contributed by atoms with van der Waals surface area (Å²) in [5.74, 6) is 0. The monoisotopic (exact) mass is 388 g/mol. The lowest BCUT2D eigenvalue weighted by atomic mass is 10.1. The Hall–Kier alpha value is -2.08. The molecule has 0 amide bonds. The van der Waals surface area contributed by atoms with Crippen molar-refractivity contribution in [2.45, 2.75) is 19.3 Å². The van der Waals surface area contributed by atoms with Crippen LogP contribution in [-0.4, -0.2) is 23.6 Å². The molecule has 0 aliphatic rings. The number of thiocarbonyl (C=S) groups is 1. The molecule has 6 heteroatoms. The number of hydrogen-bond donors (Lipinski definition) is 4. The Kier molecular flexibility index (Phi) is 8.41. The standard InChI is InChI=1S/C19H22ClN3.CH3NS/c20-16-7-8-18(14(12-16)4-3-10-21)22-11-9-15-13-23-19-6-2-1-5-17(15)19;2-1-3/h1-2,5-8,12-13,22-23H,3-4,9-11,21H2;1H,(H2,2,3). The van der Waals surface area contributed by atoms with Crippen molar-refractivity contribution < 1.29 is 0 Å². The minimum atomic E-state index is 0.696. The lowest BCUT2D eigenvalue weighted by Gasteiger charge is -2.12. The van der Waals surface area contributed by atoms with E-state index in [4.69, 9.17) is 17.3 Å². The largest absolute Gasteiger partial charge is 0.396 e. The van der Waals surface area contributed by atoms with Gasteiger partial charge in [-0.15, -0.1) is 0 Å². The van der Waals surface area contributed by atoms with Crippen LogP contribution < -0.4 is 16.8 Å². The van der Waals surface area contributed by atoms with Crippen molar-refractivity contribution in [3.05, 3.63) is 64.8 Å². The molecule has 2 aromatic carbocycles. The maximum atomic E-state index is 6.11. The molecule has 0 bridgehead atoms. The van der Waals surface area contributed by atoms with Crippen LogP contribution in [0.1, 0.15) is 17.5 Å². The Balaban J connectivity index is 0.000000758. The number of aromatic amines is 1. The van der Waals surface area contributed by atoms with Crippen molar-refractivity contribution in [3.8, 4) is 0 Å². The van der Waals surface area contributed by atoms with E-state index in [1.54, 1.807) is 0 Å². The summed E-state index contributed by atoms with van der Waals surface area (Å²) < 4.78 is 0. The number of anilines is 1. The average molecular weight is 389 g/mol. The summed E-state index contributed by atoms with van der Waals surface area (Å²) in [4.78, 5) is 3.32. The smallest absolute Gasteiger partial charge is 0.0588 e. The summed E-state index contributed by atoms with van der Waals surface area (Å²) in [6.07, 6.45) is 5.00. The molecule has 1 heterocycles. The molecule has 0 aliphatic carbocycles. The Morgan fingerprint density at radius 3 is 2.65 bits per heavy atom. The molecule has 6 N–H and O–H groups in total. The lowest BCUT2D eigenvalue weighted by molar-refractivity contribution is 0.832. The first-order chi connectivity index (χ1) is 12.7. The number of nitrogens with two attached hydrogens (primary N) is 2. The molecular formula is C20H25ClN4S. The molecule has 0 saturated heterocycles. The fourth-order valence-corrected chi connectivity index (χ4v) is 3.10. The number of nitrogens with one attached hydrogen (secondary N) is 2. The van der Waals surface area contributed by atoms with Crippen LogP contribution in [0.3, 0.4) is 0 Å². The predicted molar refractivity (Wildman–Crippen MR) is 117 cm³/mol. The van der Waals surface area contributed by atoms with Gasteiger partial charge in [0.05, 0.1) is 5.49 Å². The van der Waals surface area contributed by atoms with E-state index in [9.17, 15) is 0 Å². The predicted octanol–water partition coefficient (Wildman–Crippen LogP) is 4.27. The average Bonchev–Trinajstić information content (AvgIpc) is 3.05. The molecule has 0 atom stereocenters. The zero-order chi connectivity index (χ0) is 18.8. The second kappa shape index (κ2) is 10.8. The Bertz CT molecular complexity index is 832. The fraction of sp³-hybridized carbons (Fsp3) is 0.250. The van der Waals surface area contributed by atoms with Gasteiger partial charge in [-0.1, -0.05) is 42.0 Å². The summed E-state index contributed by atoms with van der Waals surface area (Å²) in [6.45, 7) is 1.58. The van der Waals surface area contributed by atoms with Crippen LogP contribution in [0.4, 0.5) is 5.69 Å².